The molecular weight excluding hydrogens is 280 g/mol. The standard InChI is InChI=1S/C12H10N4O3S/c1-7-3-4-8(5-13)11(14-7)20-6-9(17)10-12(18)19-15-16(10)2/h3-4H,6H2,1-2H3/p+1. The number of nitrogens with one attached hydrogen (secondary N) is 1. The van der Waals surface area contributed by atoms with E-state index >= 15 is 0 Å². The van der Waals surface area contributed by atoms with Crippen LogP contribution in [-0.4, -0.2) is 21.8 Å². The fraction of sp³-hybridized carbons (Fsp3) is 0.250. The normalized spacial score (nSPS) is 10.2. The molecule has 7 nitrogen and oxygen atoms in total. The smallest absolute Gasteiger partial charge is 0.286 e. The molecule has 0 radical (unpaired) electrons. The van der Waals surface area contributed by atoms with Gasteiger partial charge < -0.3 is 0 Å². The van der Waals surface area contributed by atoms with Gasteiger partial charge in [0, 0.05) is 5.69 Å². The Labute approximate surface area is 118 Å². The minimum absolute atomic E-state index is 0.00157. The number of pyridine rings is 1. The van der Waals surface area contributed by atoms with Crippen molar-refractivity contribution in [2.45, 2.75) is 11.9 Å². The number of aromatic amines is 1. The maximum Gasteiger partial charge on any atom is 0.438 e. The van der Waals surface area contributed by atoms with Crippen LogP contribution in [0.15, 0.2) is 26.5 Å². The Kier molecular flexibility index (Phi) is 4.00. The van der Waals surface area contributed by atoms with Gasteiger partial charge in [0.25, 0.3) is 0 Å². The first-order valence-electron chi connectivity index (χ1n) is 5.64. The van der Waals surface area contributed by atoms with Gasteiger partial charge in [-0.05, 0) is 24.3 Å². The Balaban J connectivity index is 2.18. The fourth-order valence-corrected chi connectivity index (χ4v) is 2.45. The second kappa shape index (κ2) is 5.71. The topological polar surface area (TPSA) is 104 Å². The molecule has 0 fully saturated rings. The van der Waals surface area contributed by atoms with E-state index in [4.69, 9.17) is 5.26 Å². The molecule has 2 aromatic heterocycles. The van der Waals surface area contributed by atoms with Crippen LogP contribution in [0.2, 0.25) is 0 Å². The Morgan fingerprint density at radius 3 is 2.95 bits per heavy atom. The molecule has 2 heterocycles. The second-order valence-electron chi connectivity index (χ2n) is 4.02. The Hall–Kier alpha value is -2.40. The van der Waals surface area contributed by atoms with Gasteiger partial charge in [-0.15, -0.1) is 0 Å². The van der Waals surface area contributed by atoms with Crippen LogP contribution in [0.4, 0.5) is 0 Å². The number of ketones is 1. The molecular formula is C12H11N4O3S+. The van der Waals surface area contributed by atoms with E-state index in [1.165, 1.54) is 11.7 Å². The van der Waals surface area contributed by atoms with E-state index in [9.17, 15) is 9.59 Å². The fourth-order valence-electron chi connectivity index (χ4n) is 1.57. The molecule has 0 aliphatic carbocycles. The van der Waals surface area contributed by atoms with Gasteiger partial charge in [-0.2, -0.15) is 5.26 Å². The number of nitrogens with zero attached hydrogens (tertiary/aromatic N) is 3. The number of aromatic nitrogens is 3. The summed E-state index contributed by atoms with van der Waals surface area (Å²) in [6.07, 6.45) is 0. The maximum absolute atomic E-state index is 12.0. The molecule has 0 atom stereocenters. The summed E-state index contributed by atoms with van der Waals surface area (Å²) >= 11 is 1.12. The van der Waals surface area contributed by atoms with Crippen molar-refractivity contribution in [2.24, 2.45) is 7.05 Å². The number of rotatable bonds is 4. The van der Waals surface area contributed by atoms with Gasteiger partial charge in [0.1, 0.15) is 11.1 Å². The van der Waals surface area contributed by atoms with Crippen LogP contribution in [-0.2, 0) is 7.05 Å². The van der Waals surface area contributed by atoms with Crippen molar-refractivity contribution in [1.82, 2.24) is 10.3 Å². The summed E-state index contributed by atoms with van der Waals surface area (Å²) in [6.45, 7) is 1.80. The molecule has 0 aliphatic heterocycles. The van der Waals surface area contributed by atoms with E-state index in [0.717, 1.165) is 17.5 Å². The average Bonchev–Trinajstić information content (AvgIpc) is 2.76. The third-order valence-corrected chi connectivity index (χ3v) is 3.52. The van der Waals surface area contributed by atoms with Crippen molar-refractivity contribution >= 4 is 17.5 Å². The van der Waals surface area contributed by atoms with E-state index in [0.29, 0.717) is 10.6 Å². The summed E-state index contributed by atoms with van der Waals surface area (Å²) in [5.74, 6) is -0.388. The number of nitriles is 1. The third kappa shape index (κ3) is 2.78. The predicted octanol–water partition coefficient (Wildman–Crippen LogP) is 0.343. The van der Waals surface area contributed by atoms with Gasteiger partial charge in [0.05, 0.1) is 11.3 Å². The van der Waals surface area contributed by atoms with Crippen molar-refractivity contribution in [3.63, 3.8) is 0 Å². The zero-order chi connectivity index (χ0) is 14.7. The number of thioether (sulfide) groups is 1. The number of Topliss-reactive ketones (excluding diaryl/α,β-unsaturated/α-hetero) is 1. The zero-order valence-corrected chi connectivity index (χ0v) is 11.7. The number of carbonyl (C=O) groups is 1. The maximum atomic E-state index is 12.0. The quantitative estimate of drug-likeness (QED) is 0.495. The van der Waals surface area contributed by atoms with E-state index in [1.54, 1.807) is 19.1 Å². The SMILES string of the molecule is Cc1ccc(C#N)c(SCC(=O)c2c(=O)o[nH][n+]2C)n1. The monoisotopic (exact) mass is 291 g/mol. The van der Waals surface area contributed by atoms with Crippen molar-refractivity contribution in [1.29, 1.82) is 5.26 Å². The molecule has 20 heavy (non-hydrogen) atoms. The molecule has 102 valence electrons. The lowest BCUT2D eigenvalue weighted by Crippen LogP contribution is -2.39. The van der Waals surface area contributed by atoms with Crippen molar-refractivity contribution in [3.05, 3.63) is 39.5 Å². The number of hydrogen-bond acceptors (Lipinski definition) is 6. The summed E-state index contributed by atoms with van der Waals surface area (Å²) in [5.41, 5.74) is 0.379. The van der Waals surface area contributed by atoms with Crippen LogP contribution in [0.3, 0.4) is 0 Å². The molecule has 2 aromatic rings. The predicted molar refractivity (Wildman–Crippen MR) is 69.2 cm³/mol. The van der Waals surface area contributed by atoms with Crippen LogP contribution in [0, 0.1) is 18.3 Å². The summed E-state index contributed by atoms with van der Waals surface area (Å²) in [5, 5.41) is 11.7. The highest BCUT2D eigenvalue weighted by atomic mass is 32.2. The van der Waals surface area contributed by atoms with Crippen LogP contribution >= 0.6 is 11.8 Å². The number of aryl methyl sites for hydroxylation is 2. The van der Waals surface area contributed by atoms with Crippen LogP contribution in [0.1, 0.15) is 21.7 Å². The summed E-state index contributed by atoms with van der Waals surface area (Å²) in [4.78, 5) is 27.5. The molecule has 0 aromatic carbocycles. The third-order valence-electron chi connectivity index (χ3n) is 2.53. The number of hydrogen-bond donors (Lipinski definition) is 1. The Bertz CT molecular complexity index is 757. The van der Waals surface area contributed by atoms with Crippen molar-refractivity contribution < 1.29 is 14.0 Å². The first-order chi connectivity index (χ1) is 9.52. The molecule has 0 amide bonds. The molecule has 0 saturated heterocycles. The van der Waals surface area contributed by atoms with E-state index < -0.39 is 5.63 Å². The Morgan fingerprint density at radius 1 is 1.60 bits per heavy atom. The molecule has 0 spiro atoms. The van der Waals surface area contributed by atoms with Gasteiger partial charge in [-0.25, -0.2) is 9.78 Å². The van der Waals surface area contributed by atoms with Gasteiger partial charge in [0.15, 0.2) is 7.05 Å². The Morgan fingerprint density at radius 2 is 2.35 bits per heavy atom. The molecule has 1 N–H and O–H groups in total. The lowest BCUT2D eigenvalue weighted by molar-refractivity contribution is -0.741. The molecule has 0 aliphatic rings. The lowest BCUT2D eigenvalue weighted by atomic mass is 10.3. The first kappa shape index (κ1) is 14.0. The molecule has 2 rings (SSSR count). The minimum atomic E-state index is -0.712. The minimum Gasteiger partial charge on any atom is -0.286 e. The first-order valence-corrected chi connectivity index (χ1v) is 6.62. The van der Waals surface area contributed by atoms with Gasteiger partial charge in [-0.3, -0.25) is 9.32 Å². The van der Waals surface area contributed by atoms with E-state index in [2.05, 4.69) is 14.8 Å². The van der Waals surface area contributed by atoms with Gasteiger partial charge in [-0.1, -0.05) is 16.4 Å². The van der Waals surface area contributed by atoms with Crippen molar-refractivity contribution in [2.75, 3.05) is 5.75 Å². The summed E-state index contributed by atoms with van der Waals surface area (Å²) in [7, 11) is 1.51. The van der Waals surface area contributed by atoms with Crippen LogP contribution in [0.25, 0.3) is 0 Å². The lowest BCUT2D eigenvalue weighted by Gasteiger charge is -2.01. The highest BCUT2D eigenvalue weighted by Crippen LogP contribution is 2.20. The highest BCUT2D eigenvalue weighted by molar-refractivity contribution is 8.00. The average molecular weight is 291 g/mol. The van der Waals surface area contributed by atoms with E-state index in [-0.39, 0.29) is 17.2 Å². The zero-order valence-electron chi connectivity index (χ0n) is 10.8. The molecule has 8 heteroatoms. The van der Waals surface area contributed by atoms with Gasteiger partial charge in [0.2, 0.25) is 5.78 Å². The van der Waals surface area contributed by atoms with Crippen molar-refractivity contribution in [3.8, 4) is 6.07 Å². The number of H-pyrrole nitrogens is 1. The highest BCUT2D eigenvalue weighted by Gasteiger charge is 2.26. The molecule has 0 bridgehead atoms. The number of carbonyl (C=O) groups excluding carboxylic acids is 1. The second-order valence-corrected chi connectivity index (χ2v) is 4.98. The van der Waals surface area contributed by atoms with Crippen LogP contribution in [0.5, 0.6) is 0 Å². The van der Waals surface area contributed by atoms with Crippen LogP contribution < -0.4 is 10.3 Å². The molecule has 0 unspecified atom stereocenters. The summed E-state index contributed by atoms with van der Waals surface area (Å²) < 4.78 is 5.74. The van der Waals surface area contributed by atoms with Gasteiger partial charge >= 0.3 is 11.3 Å². The summed E-state index contributed by atoms with van der Waals surface area (Å²) in [6, 6.07) is 5.40. The largest absolute Gasteiger partial charge is 0.438 e. The van der Waals surface area contributed by atoms with E-state index in [1.807, 2.05) is 6.07 Å². The molecule has 0 saturated carbocycles.